The molecule has 3 aromatic heterocycles. The van der Waals surface area contributed by atoms with Gasteiger partial charge in [-0.05, 0) is 63.6 Å². The van der Waals surface area contributed by atoms with Crippen LogP contribution < -0.4 is 11.1 Å². The Morgan fingerprint density at radius 2 is 1.97 bits per heavy atom. The van der Waals surface area contributed by atoms with Crippen molar-refractivity contribution < 1.29 is 14.1 Å². The lowest BCUT2D eigenvalue weighted by atomic mass is 9.75. The van der Waals surface area contributed by atoms with E-state index in [0.717, 1.165) is 48.3 Å². The first-order chi connectivity index (χ1) is 16.3. The molecule has 0 unspecified atom stereocenters. The van der Waals surface area contributed by atoms with Crippen molar-refractivity contribution in [2.24, 2.45) is 17.6 Å². The van der Waals surface area contributed by atoms with Crippen LogP contribution >= 0.6 is 0 Å². The van der Waals surface area contributed by atoms with Gasteiger partial charge < -0.3 is 15.6 Å². The summed E-state index contributed by atoms with van der Waals surface area (Å²) in [5.74, 6) is 0.760. The zero-order chi connectivity index (χ0) is 24.4. The number of nitrogens with two attached hydrogens (primary N) is 1. The molecule has 4 rings (SSSR count). The molecule has 0 bridgehead atoms. The number of carbonyl (C=O) groups is 2. The van der Waals surface area contributed by atoms with Crippen LogP contribution in [0.5, 0.6) is 0 Å². The number of pyridine rings is 1. The van der Waals surface area contributed by atoms with Gasteiger partial charge in [0.15, 0.2) is 0 Å². The van der Waals surface area contributed by atoms with Gasteiger partial charge in [-0.2, -0.15) is 5.10 Å². The van der Waals surface area contributed by atoms with E-state index in [1.807, 2.05) is 26.8 Å². The number of anilines is 1. The van der Waals surface area contributed by atoms with Crippen LogP contribution in [-0.2, 0) is 11.3 Å². The molecule has 1 saturated carbocycles. The molecule has 1 atom stereocenters. The van der Waals surface area contributed by atoms with Gasteiger partial charge in [0.1, 0.15) is 17.3 Å². The van der Waals surface area contributed by atoms with Gasteiger partial charge in [-0.15, -0.1) is 0 Å². The summed E-state index contributed by atoms with van der Waals surface area (Å²) in [6, 6.07) is 5.34. The summed E-state index contributed by atoms with van der Waals surface area (Å²) in [5, 5.41) is 11.6. The van der Waals surface area contributed by atoms with E-state index < -0.39 is 11.8 Å². The second-order valence-electron chi connectivity index (χ2n) is 9.25. The molecule has 3 heterocycles. The lowest BCUT2D eigenvalue weighted by Crippen LogP contribution is -2.30. The molecule has 1 fully saturated rings. The first-order valence-corrected chi connectivity index (χ1v) is 11.9. The minimum atomic E-state index is -0.548. The zero-order valence-electron chi connectivity index (χ0n) is 20.2. The van der Waals surface area contributed by atoms with Crippen molar-refractivity contribution in [2.75, 3.05) is 5.32 Å². The maximum atomic E-state index is 13.6. The number of aromatic nitrogens is 4. The molecule has 9 heteroatoms. The van der Waals surface area contributed by atoms with E-state index in [4.69, 9.17) is 10.3 Å². The number of hydrogen-bond acceptors (Lipinski definition) is 6. The minimum absolute atomic E-state index is 0.138. The Kier molecular flexibility index (Phi) is 6.81. The quantitative estimate of drug-likeness (QED) is 0.539. The van der Waals surface area contributed by atoms with E-state index >= 15 is 0 Å². The van der Waals surface area contributed by atoms with E-state index in [1.54, 1.807) is 23.0 Å². The highest BCUT2D eigenvalue weighted by Gasteiger charge is 2.35. The van der Waals surface area contributed by atoms with Crippen LogP contribution in [0.1, 0.15) is 73.1 Å². The smallest absolute Gasteiger partial charge is 0.266 e. The molecular formula is C25H32N6O3. The topological polar surface area (TPSA) is 129 Å². The van der Waals surface area contributed by atoms with Crippen LogP contribution in [0, 0.1) is 25.7 Å². The lowest BCUT2D eigenvalue weighted by Gasteiger charge is -2.31. The standard InChI is InChI=1S/C25H32N6O3/c1-5-31-20(24(26)32)12-19(29-31)23(17-8-6-14(2)7-9-17)25(33)28-21-11-10-18(13-27-21)22-15(3)30-34-16(22)4/h10-14,17,23H,5-9H2,1-4H3,(H2,26,32)(H,27,28,33)/t14?,17?,23-/m0/s1. The highest BCUT2D eigenvalue weighted by Crippen LogP contribution is 2.38. The summed E-state index contributed by atoms with van der Waals surface area (Å²) < 4.78 is 6.82. The third-order valence-electron chi connectivity index (χ3n) is 6.82. The number of amides is 2. The molecule has 0 spiro atoms. The summed E-state index contributed by atoms with van der Waals surface area (Å²) in [5.41, 5.74) is 9.03. The Bertz CT molecular complexity index is 1150. The normalized spacial score (nSPS) is 19.1. The summed E-state index contributed by atoms with van der Waals surface area (Å²) in [7, 11) is 0. The summed E-state index contributed by atoms with van der Waals surface area (Å²) in [6.45, 7) is 8.38. The second kappa shape index (κ2) is 9.79. The van der Waals surface area contributed by atoms with Crippen LogP contribution in [0.15, 0.2) is 28.9 Å². The van der Waals surface area contributed by atoms with Gasteiger partial charge in [0.2, 0.25) is 5.91 Å². The Hall–Kier alpha value is -3.49. The first kappa shape index (κ1) is 23.7. The molecule has 180 valence electrons. The maximum absolute atomic E-state index is 13.6. The SMILES string of the molecule is CCn1nc([C@@H](C(=O)Nc2ccc(-c3c(C)noc3C)cn2)C2CCC(C)CC2)cc1C(N)=O. The number of rotatable bonds is 7. The van der Waals surface area contributed by atoms with Gasteiger partial charge in [-0.3, -0.25) is 14.3 Å². The number of nitrogens with one attached hydrogen (secondary N) is 1. The molecule has 34 heavy (non-hydrogen) atoms. The molecule has 3 N–H and O–H groups in total. The lowest BCUT2D eigenvalue weighted by molar-refractivity contribution is -0.119. The van der Waals surface area contributed by atoms with Crippen molar-refractivity contribution in [2.45, 2.75) is 65.8 Å². The highest BCUT2D eigenvalue weighted by molar-refractivity contribution is 5.96. The molecule has 9 nitrogen and oxygen atoms in total. The van der Waals surface area contributed by atoms with E-state index in [9.17, 15) is 9.59 Å². The van der Waals surface area contributed by atoms with Crippen molar-refractivity contribution in [1.29, 1.82) is 0 Å². The van der Waals surface area contributed by atoms with Crippen LogP contribution in [-0.4, -0.2) is 31.7 Å². The summed E-state index contributed by atoms with van der Waals surface area (Å²) >= 11 is 0. The Morgan fingerprint density at radius 3 is 2.50 bits per heavy atom. The summed E-state index contributed by atoms with van der Waals surface area (Å²) in [6.07, 6.45) is 5.70. The average Bonchev–Trinajstić information content (AvgIpc) is 3.39. The highest BCUT2D eigenvalue weighted by atomic mass is 16.5. The van der Waals surface area contributed by atoms with Crippen molar-refractivity contribution in [3.05, 3.63) is 47.2 Å². The fourth-order valence-electron chi connectivity index (χ4n) is 4.95. The zero-order valence-corrected chi connectivity index (χ0v) is 20.2. The van der Waals surface area contributed by atoms with Gasteiger partial charge >= 0.3 is 0 Å². The Morgan fingerprint density at radius 1 is 1.24 bits per heavy atom. The molecule has 1 aliphatic rings. The van der Waals surface area contributed by atoms with Gasteiger partial charge in [0.05, 0.1) is 17.3 Å². The molecule has 2 amide bonds. The molecule has 0 radical (unpaired) electrons. The van der Waals surface area contributed by atoms with Crippen LogP contribution in [0.25, 0.3) is 11.1 Å². The van der Waals surface area contributed by atoms with Crippen LogP contribution in [0.4, 0.5) is 5.82 Å². The van der Waals surface area contributed by atoms with Gasteiger partial charge in [0.25, 0.3) is 5.91 Å². The van der Waals surface area contributed by atoms with E-state index in [0.29, 0.717) is 29.7 Å². The Labute approximate surface area is 199 Å². The van der Waals surface area contributed by atoms with Gasteiger partial charge in [-0.1, -0.05) is 24.9 Å². The van der Waals surface area contributed by atoms with Crippen LogP contribution in [0.3, 0.4) is 0 Å². The number of aryl methyl sites for hydroxylation is 3. The largest absolute Gasteiger partial charge is 0.364 e. The fourth-order valence-corrected chi connectivity index (χ4v) is 4.95. The fraction of sp³-hybridized carbons (Fsp3) is 0.480. The third-order valence-corrected chi connectivity index (χ3v) is 6.82. The molecular weight excluding hydrogens is 432 g/mol. The number of hydrogen-bond donors (Lipinski definition) is 2. The van der Waals surface area contributed by atoms with E-state index in [-0.39, 0.29) is 11.8 Å². The first-order valence-electron chi connectivity index (χ1n) is 11.9. The number of carbonyl (C=O) groups excluding carboxylic acids is 2. The van der Waals surface area contributed by atoms with Crippen molar-refractivity contribution >= 4 is 17.6 Å². The predicted molar refractivity (Wildman–Crippen MR) is 128 cm³/mol. The second-order valence-corrected chi connectivity index (χ2v) is 9.25. The minimum Gasteiger partial charge on any atom is -0.364 e. The Balaban J connectivity index is 1.60. The molecule has 1 aliphatic carbocycles. The molecule has 0 aliphatic heterocycles. The maximum Gasteiger partial charge on any atom is 0.266 e. The van der Waals surface area contributed by atoms with Crippen LogP contribution in [0.2, 0.25) is 0 Å². The van der Waals surface area contributed by atoms with Crippen molar-refractivity contribution in [3.63, 3.8) is 0 Å². The molecule has 0 aromatic carbocycles. The summed E-state index contributed by atoms with van der Waals surface area (Å²) in [4.78, 5) is 29.9. The average molecular weight is 465 g/mol. The third kappa shape index (κ3) is 4.73. The number of primary amides is 1. The van der Waals surface area contributed by atoms with E-state index in [1.165, 1.54) is 0 Å². The predicted octanol–water partition coefficient (Wildman–Crippen LogP) is 4.22. The van der Waals surface area contributed by atoms with Gasteiger partial charge in [0, 0.05) is 23.9 Å². The monoisotopic (exact) mass is 464 g/mol. The molecule has 3 aromatic rings. The van der Waals surface area contributed by atoms with E-state index in [2.05, 4.69) is 27.5 Å². The number of nitrogens with zero attached hydrogens (tertiary/aromatic N) is 4. The van der Waals surface area contributed by atoms with Gasteiger partial charge in [-0.25, -0.2) is 4.98 Å². The molecule has 0 saturated heterocycles. The van der Waals surface area contributed by atoms with Crippen molar-refractivity contribution in [1.82, 2.24) is 19.9 Å². The van der Waals surface area contributed by atoms with Crippen molar-refractivity contribution in [3.8, 4) is 11.1 Å².